The van der Waals surface area contributed by atoms with Crippen LogP contribution in [-0.2, 0) is 0 Å². The second-order valence-electron chi connectivity index (χ2n) is 12.9. The van der Waals surface area contributed by atoms with Gasteiger partial charge in [0.25, 0.3) is 6.71 Å². The predicted molar refractivity (Wildman–Crippen MR) is 207 cm³/mol. The summed E-state index contributed by atoms with van der Waals surface area (Å²) in [5.41, 5.74) is 6.88. The number of nitrogens with zero attached hydrogens (tertiary/aromatic N) is 1. The van der Waals surface area contributed by atoms with Crippen LogP contribution in [0.2, 0.25) is 0 Å². The Bertz CT molecular complexity index is 2810. The third-order valence-electron chi connectivity index (χ3n) is 10.1. The topological polar surface area (TPSA) is 21.7 Å². The molecule has 0 N–H and O–H groups in total. The second kappa shape index (κ2) is 10.2. The zero-order valence-electron chi connectivity index (χ0n) is 26.3. The van der Waals surface area contributed by atoms with E-state index in [1.165, 1.54) is 52.6 Å². The van der Waals surface area contributed by atoms with Gasteiger partial charge in [-0.25, -0.2) is 0 Å². The third-order valence-corrected chi connectivity index (χ3v) is 11.3. The Kier molecular flexibility index (Phi) is 5.63. The van der Waals surface area contributed by atoms with Crippen molar-refractivity contribution in [2.75, 3.05) is 4.90 Å². The van der Waals surface area contributed by atoms with Crippen LogP contribution in [0.25, 0.3) is 41.7 Å². The molecular formula is C44H26BNO2S. The Morgan fingerprint density at radius 2 is 1.10 bits per heavy atom. The molecule has 8 aromatic carbocycles. The molecule has 3 heterocycles. The first-order valence-corrected chi connectivity index (χ1v) is 17.4. The normalized spacial score (nSPS) is 12.8. The molecule has 0 atom stereocenters. The zero-order valence-corrected chi connectivity index (χ0v) is 27.1. The molecule has 0 amide bonds. The van der Waals surface area contributed by atoms with Gasteiger partial charge in [-0.15, -0.1) is 11.3 Å². The van der Waals surface area contributed by atoms with Crippen molar-refractivity contribution in [2.24, 2.45) is 0 Å². The molecule has 2 aliphatic rings. The molecule has 0 radical (unpaired) electrons. The van der Waals surface area contributed by atoms with E-state index in [0.717, 1.165) is 45.5 Å². The molecular weight excluding hydrogens is 617 g/mol. The van der Waals surface area contributed by atoms with Gasteiger partial charge in [0.15, 0.2) is 0 Å². The van der Waals surface area contributed by atoms with Crippen LogP contribution in [0, 0.1) is 0 Å². The summed E-state index contributed by atoms with van der Waals surface area (Å²) in [6.07, 6.45) is 0. The highest BCUT2D eigenvalue weighted by molar-refractivity contribution is 7.26. The van der Waals surface area contributed by atoms with Crippen LogP contribution in [0.4, 0.5) is 17.1 Å². The standard InChI is InChI=1S/C44H26BNO2S/c1-2-11-30(12-3-1)46(31-19-17-27-9-4-5-10-28(27)23-31)32-20-22-33-29(24-32)18-21-34-35-25-41-37(26-42(35)49-44(33)34)45-36-13-6-7-14-38(36)47-39-15-8-16-40(48-41)43(39)45/h1-26H. The van der Waals surface area contributed by atoms with Gasteiger partial charge >= 0.3 is 0 Å². The summed E-state index contributed by atoms with van der Waals surface area (Å²) in [7, 11) is 0. The van der Waals surface area contributed by atoms with Crippen molar-refractivity contribution in [1.29, 1.82) is 0 Å². The average Bonchev–Trinajstić information content (AvgIpc) is 3.52. The molecule has 5 heteroatoms. The van der Waals surface area contributed by atoms with Crippen molar-refractivity contribution in [2.45, 2.75) is 0 Å². The molecule has 1 aromatic heterocycles. The maximum Gasteiger partial charge on any atom is 0.260 e. The van der Waals surface area contributed by atoms with Crippen LogP contribution < -0.4 is 30.8 Å². The molecule has 2 aliphatic heterocycles. The van der Waals surface area contributed by atoms with E-state index < -0.39 is 0 Å². The smallest absolute Gasteiger partial charge is 0.260 e. The Labute approximate surface area is 287 Å². The van der Waals surface area contributed by atoms with Gasteiger partial charge in [-0.1, -0.05) is 91.0 Å². The molecule has 0 aliphatic carbocycles. The lowest BCUT2D eigenvalue weighted by Crippen LogP contribution is -2.57. The van der Waals surface area contributed by atoms with E-state index in [1.54, 1.807) is 0 Å². The van der Waals surface area contributed by atoms with Crippen LogP contribution in [0.5, 0.6) is 23.0 Å². The summed E-state index contributed by atoms with van der Waals surface area (Å²) in [6, 6.07) is 56.5. The van der Waals surface area contributed by atoms with E-state index >= 15 is 0 Å². The summed E-state index contributed by atoms with van der Waals surface area (Å²) >= 11 is 1.87. The number of thiophene rings is 1. The first-order valence-electron chi connectivity index (χ1n) is 16.6. The number of hydrogen-bond acceptors (Lipinski definition) is 4. The predicted octanol–water partition coefficient (Wildman–Crippen LogP) is 10.6. The molecule has 0 saturated carbocycles. The van der Waals surface area contributed by atoms with Crippen molar-refractivity contribution >= 4 is 93.2 Å². The van der Waals surface area contributed by atoms with Crippen molar-refractivity contribution in [3.05, 3.63) is 158 Å². The van der Waals surface area contributed by atoms with Gasteiger partial charge in [-0.2, -0.15) is 0 Å². The maximum atomic E-state index is 6.63. The van der Waals surface area contributed by atoms with Crippen molar-refractivity contribution in [3.63, 3.8) is 0 Å². The van der Waals surface area contributed by atoms with Gasteiger partial charge in [0.2, 0.25) is 0 Å². The Morgan fingerprint density at radius 1 is 0.429 bits per heavy atom. The molecule has 9 aromatic rings. The molecule has 0 bridgehead atoms. The van der Waals surface area contributed by atoms with Crippen LogP contribution >= 0.6 is 11.3 Å². The molecule has 49 heavy (non-hydrogen) atoms. The number of hydrogen-bond donors (Lipinski definition) is 0. The number of benzene rings is 8. The highest BCUT2D eigenvalue weighted by Gasteiger charge is 2.40. The van der Waals surface area contributed by atoms with Crippen LogP contribution in [-0.4, -0.2) is 6.71 Å². The van der Waals surface area contributed by atoms with Crippen LogP contribution in [0.1, 0.15) is 0 Å². The van der Waals surface area contributed by atoms with E-state index in [-0.39, 0.29) is 6.71 Å². The molecule has 0 saturated heterocycles. The molecule has 228 valence electrons. The van der Waals surface area contributed by atoms with Crippen molar-refractivity contribution in [3.8, 4) is 23.0 Å². The van der Waals surface area contributed by atoms with E-state index in [0.29, 0.717) is 0 Å². The van der Waals surface area contributed by atoms with E-state index in [1.807, 2.05) is 29.5 Å². The summed E-state index contributed by atoms with van der Waals surface area (Å²) in [5, 5.41) is 7.43. The van der Waals surface area contributed by atoms with E-state index in [2.05, 4.69) is 144 Å². The number of para-hydroxylation sites is 2. The van der Waals surface area contributed by atoms with Crippen LogP contribution in [0.15, 0.2) is 158 Å². The summed E-state index contributed by atoms with van der Waals surface area (Å²) < 4.78 is 15.5. The number of fused-ring (bicyclic) bond motifs is 10. The lowest BCUT2D eigenvalue weighted by molar-refractivity contribution is 0.465. The van der Waals surface area contributed by atoms with E-state index in [4.69, 9.17) is 9.47 Å². The van der Waals surface area contributed by atoms with Crippen LogP contribution in [0.3, 0.4) is 0 Å². The molecule has 0 fully saturated rings. The van der Waals surface area contributed by atoms with Gasteiger partial charge in [0.1, 0.15) is 23.0 Å². The molecule has 3 nitrogen and oxygen atoms in total. The van der Waals surface area contributed by atoms with E-state index in [9.17, 15) is 0 Å². The fraction of sp³-hybridized carbons (Fsp3) is 0. The van der Waals surface area contributed by atoms with Gasteiger partial charge < -0.3 is 14.4 Å². The van der Waals surface area contributed by atoms with Gasteiger partial charge in [-0.3, -0.25) is 0 Å². The fourth-order valence-corrected chi connectivity index (χ4v) is 9.17. The summed E-state index contributed by atoms with van der Waals surface area (Å²) in [5.74, 6) is 3.58. The zero-order chi connectivity index (χ0) is 32.1. The highest BCUT2D eigenvalue weighted by Crippen LogP contribution is 2.44. The quantitative estimate of drug-likeness (QED) is 0.179. The second-order valence-corrected chi connectivity index (χ2v) is 13.9. The minimum atomic E-state index is 0.0629. The first-order chi connectivity index (χ1) is 24.3. The van der Waals surface area contributed by atoms with Gasteiger partial charge in [-0.05, 0) is 99.2 Å². The molecule has 0 unspecified atom stereocenters. The first kappa shape index (κ1) is 27.0. The van der Waals surface area contributed by atoms with Crippen molar-refractivity contribution < 1.29 is 9.47 Å². The third kappa shape index (κ3) is 4.03. The van der Waals surface area contributed by atoms with Gasteiger partial charge in [0, 0.05) is 42.7 Å². The molecule has 11 rings (SSSR count). The fourth-order valence-electron chi connectivity index (χ4n) is 7.90. The average molecular weight is 644 g/mol. The molecule has 0 spiro atoms. The lowest BCUT2D eigenvalue weighted by atomic mass is 9.35. The van der Waals surface area contributed by atoms with Crippen molar-refractivity contribution in [1.82, 2.24) is 0 Å². The number of rotatable bonds is 3. The summed E-state index contributed by atoms with van der Waals surface area (Å²) in [4.78, 5) is 2.35. The Balaban J connectivity index is 1.07. The minimum Gasteiger partial charge on any atom is -0.458 e. The Hall–Kier alpha value is -6.04. The monoisotopic (exact) mass is 643 g/mol. The Morgan fingerprint density at radius 3 is 1.98 bits per heavy atom. The highest BCUT2D eigenvalue weighted by atomic mass is 32.1. The minimum absolute atomic E-state index is 0.0629. The lowest BCUT2D eigenvalue weighted by Gasteiger charge is -2.32. The number of ether oxygens (including phenoxy) is 2. The SMILES string of the molecule is c1ccc(N(c2ccc3ccccc3c2)c2ccc3c(ccc4c5cc6c(cc5sc34)B3c4ccccc4Oc4cccc(c43)O6)c2)cc1. The summed E-state index contributed by atoms with van der Waals surface area (Å²) in [6.45, 7) is 0.0629. The van der Waals surface area contributed by atoms with Gasteiger partial charge in [0.05, 0.1) is 0 Å². The maximum absolute atomic E-state index is 6.63. The largest absolute Gasteiger partial charge is 0.458 e. The number of anilines is 3.